The maximum atomic E-state index is 14.2. The molecule has 3 nitrogen and oxygen atoms in total. The molecule has 1 heterocycles. The van der Waals surface area contributed by atoms with E-state index in [0.717, 1.165) is 11.3 Å². The Morgan fingerprint density at radius 1 is 1.15 bits per heavy atom. The van der Waals surface area contributed by atoms with Crippen molar-refractivity contribution in [2.75, 3.05) is 10.6 Å². The Labute approximate surface area is 117 Å². The van der Waals surface area contributed by atoms with Crippen molar-refractivity contribution in [3.8, 4) is 0 Å². The van der Waals surface area contributed by atoms with Crippen LogP contribution in [0.15, 0.2) is 12.1 Å². The quantitative estimate of drug-likeness (QED) is 0.884. The molecule has 20 heavy (non-hydrogen) atoms. The van der Waals surface area contributed by atoms with Crippen LogP contribution in [0.3, 0.4) is 0 Å². The van der Waals surface area contributed by atoms with Crippen molar-refractivity contribution >= 4 is 17.3 Å². The molecule has 2 aliphatic carbocycles. The topological polar surface area (TPSA) is 41.1 Å². The number of halogens is 1. The molecule has 2 fully saturated rings. The predicted molar refractivity (Wildman–Crippen MR) is 76.2 cm³/mol. The molecule has 106 valence electrons. The standard InChI is InChI=1S/C16H19FN2O/c17-12-7-11-5-6-15(20)18-13(11)8-14(12)19-16(9-1-2-9)10-3-4-10/h7-10,16,19H,1-6H2,(H,18,20). The molecule has 0 spiro atoms. The van der Waals surface area contributed by atoms with Crippen LogP contribution >= 0.6 is 0 Å². The Hall–Kier alpha value is -1.58. The molecular formula is C16H19FN2O. The van der Waals surface area contributed by atoms with Gasteiger partial charge in [-0.1, -0.05) is 0 Å². The molecule has 2 saturated carbocycles. The summed E-state index contributed by atoms with van der Waals surface area (Å²) in [5, 5.41) is 6.25. The van der Waals surface area contributed by atoms with E-state index in [1.807, 2.05) is 0 Å². The van der Waals surface area contributed by atoms with Crippen LogP contribution in [0.5, 0.6) is 0 Å². The average Bonchev–Trinajstić information content (AvgIpc) is 3.28. The molecule has 4 heteroatoms. The van der Waals surface area contributed by atoms with Crippen molar-refractivity contribution in [1.29, 1.82) is 0 Å². The van der Waals surface area contributed by atoms with Crippen LogP contribution in [0.25, 0.3) is 0 Å². The monoisotopic (exact) mass is 274 g/mol. The van der Waals surface area contributed by atoms with Gasteiger partial charge < -0.3 is 10.6 Å². The third kappa shape index (κ3) is 2.28. The lowest BCUT2D eigenvalue weighted by Crippen LogP contribution is -2.25. The molecule has 1 amide bonds. The SMILES string of the molecule is O=C1CCc2cc(F)c(NC(C3CC3)C3CC3)cc2N1. The fourth-order valence-corrected chi connectivity index (χ4v) is 3.22. The van der Waals surface area contributed by atoms with Crippen LogP contribution in [0.2, 0.25) is 0 Å². The molecule has 0 aromatic heterocycles. The van der Waals surface area contributed by atoms with Crippen molar-refractivity contribution in [1.82, 2.24) is 0 Å². The molecule has 0 saturated heterocycles. The summed E-state index contributed by atoms with van der Waals surface area (Å²) in [5.74, 6) is 1.27. The largest absolute Gasteiger partial charge is 0.379 e. The van der Waals surface area contributed by atoms with Gasteiger partial charge in [-0.3, -0.25) is 4.79 Å². The third-order valence-electron chi connectivity index (χ3n) is 4.67. The number of amides is 1. The van der Waals surface area contributed by atoms with E-state index in [2.05, 4.69) is 10.6 Å². The van der Waals surface area contributed by atoms with Crippen molar-refractivity contribution in [3.63, 3.8) is 0 Å². The van der Waals surface area contributed by atoms with Gasteiger partial charge in [-0.2, -0.15) is 0 Å². The minimum Gasteiger partial charge on any atom is -0.379 e. The number of aryl methyl sites for hydroxylation is 1. The Kier molecular flexibility index (Phi) is 2.72. The van der Waals surface area contributed by atoms with Crippen molar-refractivity contribution in [3.05, 3.63) is 23.5 Å². The van der Waals surface area contributed by atoms with Crippen molar-refractivity contribution in [2.45, 2.75) is 44.6 Å². The maximum Gasteiger partial charge on any atom is 0.224 e. The number of anilines is 2. The van der Waals surface area contributed by atoms with Gasteiger partial charge >= 0.3 is 0 Å². The van der Waals surface area contributed by atoms with Crippen LogP contribution in [-0.4, -0.2) is 11.9 Å². The summed E-state index contributed by atoms with van der Waals surface area (Å²) in [5.41, 5.74) is 2.23. The number of hydrogen-bond donors (Lipinski definition) is 2. The highest BCUT2D eigenvalue weighted by molar-refractivity contribution is 5.94. The summed E-state index contributed by atoms with van der Waals surface area (Å²) < 4.78 is 14.2. The first-order chi connectivity index (χ1) is 9.70. The summed E-state index contributed by atoms with van der Waals surface area (Å²) in [6, 6.07) is 3.77. The van der Waals surface area contributed by atoms with Gasteiger partial charge in [0.1, 0.15) is 5.82 Å². The highest BCUT2D eigenvalue weighted by Gasteiger charge is 2.41. The number of rotatable bonds is 4. The molecule has 0 radical (unpaired) electrons. The average molecular weight is 274 g/mol. The zero-order chi connectivity index (χ0) is 13.7. The number of hydrogen-bond acceptors (Lipinski definition) is 2. The van der Waals surface area contributed by atoms with E-state index < -0.39 is 0 Å². The molecule has 3 aliphatic rings. The van der Waals surface area contributed by atoms with Crippen LogP contribution in [0, 0.1) is 17.7 Å². The lowest BCUT2D eigenvalue weighted by Gasteiger charge is -2.23. The van der Waals surface area contributed by atoms with E-state index in [1.54, 1.807) is 12.1 Å². The zero-order valence-electron chi connectivity index (χ0n) is 11.4. The summed E-state index contributed by atoms with van der Waals surface area (Å²) in [6.45, 7) is 0. The number of benzene rings is 1. The second-order valence-electron chi connectivity index (χ2n) is 6.38. The molecule has 0 atom stereocenters. The maximum absolute atomic E-state index is 14.2. The van der Waals surface area contributed by atoms with Crippen molar-refractivity contribution in [2.24, 2.45) is 11.8 Å². The number of fused-ring (bicyclic) bond motifs is 1. The lowest BCUT2D eigenvalue weighted by atomic mass is 10.0. The zero-order valence-corrected chi connectivity index (χ0v) is 11.4. The molecule has 1 aliphatic heterocycles. The van der Waals surface area contributed by atoms with Gasteiger partial charge in [0.05, 0.1) is 5.69 Å². The van der Waals surface area contributed by atoms with Gasteiger partial charge in [0, 0.05) is 18.2 Å². The van der Waals surface area contributed by atoms with Crippen LogP contribution in [0.4, 0.5) is 15.8 Å². The first kappa shape index (κ1) is 12.2. The number of nitrogens with one attached hydrogen (secondary N) is 2. The number of carbonyl (C=O) groups excluding carboxylic acids is 1. The second-order valence-corrected chi connectivity index (χ2v) is 6.38. The highest BCUT2D eigenvalue weighted by atomic mass is 19.1. The van der Waals surface area contributed by atoms with Crippen LogP contribution in [0.1, 0.15) is 37.7 Å². The van der Waals surface area contributed by atoms with Gasteiger partial charge in [-0.15, -0.1) is 0 Å². The van der Waals surface area contributed by atoms with Gasteiger partial charge in [0.25, 0.3) is 0 Å². The first-order valence-corrected chi connectivity index (χ1v) is 7.59. The minimum absolute atomic E-state index is 0.0241. The van der Waals surface area contributed by atoms with E-state index in [-0.39, 0.29) is 11.7 Å². The van der Waals surface area contributed by atoms with Crippen molar-refractivity contribution < 1.29 is 9.18 Å². The van der Waals surface area contributed by atoms with Gasteiger partial charge in [0.15, 0.2) is 0 Å². The highest BCUT2D eigenvalue weighted by Crippen LogP contribution is 2.46. The van der Waals surface area contributed by atoms with Gasteiger partial charge in [0.2, 0.25) is 5.91 Å². The summed E-state index contributed by atoms with van der Waals surface area (Å²) in [4.78, 5) is 11.5. The minimum atomic E-state index is -0.189. The molecule has 2 N–H and O–H groups in total. The lowest BCUT2D eigenvalue weighted by molar-refractivity contribution is -0.116. The van der Waals surface area contributed by atoms with E-state index in [4.69, 9.17) is 0 Å². The Balaban J connectivity index is 1.60. The summed E-state index contributed by atoms with van der Waals surface area (Å²) in [6.07, 6.45) is 6.13. The smallest absolute Gasteiger partial charge is 0.224 e. The molecule has 0 unspecified atom stereocenters. The van der Waals surface area contributed by atoms with E-state index in [1.165, 1.54) is 25.7 Å². The van der Waals surface area contributed by atoms with E-state index >= 15 is 0 Å². The Morgan fingerprint density at radius 3 is 2.50 bits per heavy atom. The van der Waals surface area contributed by atoms with Crippen LogP contribution < -0.4 is 10.6 Å². The fraction of sp³-hybridized carbons (Fsp3) is 0.562. The Bertz CT molecular complexity index is 552. The van der Waals surface area contributed by atoms with Crippen LogP contribution in [-0.2, 0) is 11.2 Å². The number of carbonyl (C=O) groups is 1. The molecule has 1 aromatic carbocycles. The first-order valence-electron chi connectivity index (χ1n) is 7.59. The van der Waals surface area contributed by atoms with Gasteiger partial charge in [-0.25, -0.2) is 4.39 Å². The molecular weight excluding hydrogens is 255 g/mol. The summed E-state index contributed by atoms with van der Waals surface area (Å²) in [7, 11) is 0. The summed E-state index contributed by atoms with van der Waals surface area (Å²) >= 11 is 0. The Morgan fingerprint density at radius 2 is 1.85 bits per heavy atom. The van der Waals surface area contributed by atoms with E-state index in [0.29, 0.717) is 36.4 Å². The molecule has 1 aromatic rings. The normalized spacial score (nSPS) is 21.6. The third-order valence-corrected chi connectivity index (χ3v) is 4.67. The predicted octanol–water partition coefficient (Wildman–Crippen LogP) is 3.31. The molecule has 0 bridgehead atoms. The fourth-order valence-electron chi connectivity index (χ4n) is 3.22. The van der Waals surface area contributed by atoms with E-state index in [9.17, 15) is 9.18 Å². The molecule has 4 rings (SSSR count). The van der Waals surface area contributed by atoms with Gasteiger partial charge in [-0.05, 0) is 61.6 Å². The second kappa shape index (κ2) is 4.47.